The van der Waals surface area contributed by atoms with Gasteiger partial charge in [0.15, 0.2) is 0 Å². The van der Waals surface area contributed by atoms with Crippen LogP contribution in [0.3, 0.4) is 0 Å². The molecular formula is C14H28N2O3. The molecule has 0 aromatic carbocycles. The van der Waals surface area contributed by atoms with Crippen LogP contribution in [0.25, 0.3) is 0 Å². The first-order chi connectivity index (χ1) is 8.92. The average Bonchev–Trinajstić information content (AvgIpc) is 2.26. The third-order valence-corrected chi connectivity index (χ3v) is 3.04. The van der Waals surface area contributed by atoms with Crippen LogP contribution in [0.1, 0.15) is 34.6 Å². The normalized spacial score (nSPS) is 26.4. The van der Waals surface area contributed by atoms with E-state index in [4.69, 9.17) is 9.47 Å². The molecule has 1 aliphatic rings. The molecule has 1 N–H and O–H groups in total. The maximum atomic E-state index is 12.0. The van der Waals surface area contributed by atoms with Crippen molar-refractivity contribution < 1.29 is 14.3 Å². The molecule has 0 saturated carbocycles. The monoisotopic (exact) mass is 272 g/mol. The third kappa shape index (κ3) is 5.89. The van der Waals surface area contributed by atoms with Gasteiger partial charge in [0.25, 0.3) is 0 Å². The van der Waals surface area contributed by atoms with Crippen LogP contribution in [0.15, 0.2) is 0 Å². The molecule has 5 heteroatoms. The summed E-state index contributed by atoms with van der Waals surface area (Å²) in [6, 6.07) is -0.0113. The highest BCUT2D eigenvalue weighted by Crippen LogP contribution is 2.11. The smallest absolute Gasteiger partial charge is 0.324 e. The Labute approximate surface area is 116 Å². The fourth-order valence-electron chi connectivity index (χ4n) is 2.53. The predicted octanol–water partition coefficient (Wildman–Crippen LogP) is 1.03. The number of nitrogens with zero attached hydrogens (tertiary/aromatic N) is 1. The second-order valence-corrected chi connectivity index (χ2v) is 5.60. The summed E-state index contributed by atoms with van der Waals surface area (Å²) in [5, 5.41) is 3.28. The minimum Gasteiger partial charge on any atom is -0.465 e. The van der Waals surface area contributed by atoms with E-state index in [1.165, 1.54) is 0 Å². The Hall–Kier alpha value is -0.650. The third-order valence-electron chi connectivity index (χ3n) is 3.04. The second-order valence-electron chi connectivity index (χ2n) is 5.60. The van der Waals surface area contributed by atoms with Gasteiger partial charge in [-0.2, -0.15) is 0 Å². The molecule has 0 radical (unpaired) electrons. The number of rotatable bonds is 6. The topological polar surface area (TPSA) is 50.8 Å². The fraction of sp³-hybridized carbons (Fsp3) is 0.929. The standard InChI is InChI=1S/C14H28N2O3/c1-6-18-14(17)13(15-10(2)3)9-16-7-11(4)19-12(5)8-16/h10-13,15H,6-9H2,1-5H3. The molecule has 1 aliphatic heterocycles. The maximum absolute atomic E-state index is 12.0. The van der Waals surface area contributed by atoms with Crippen molar-refractivity contribution in [2.75, 3.05) is 26.2 Å². The van der Waals surface area contributed by atoms with Crippen LogP contribution < -0.4 is 5.32 Å². The van der Waals surface area contributed by atoms with Crippen molar-refractivity contribution in [1.29, 1.82) is 0 Å². The number of hydrogen-bond acceptors (Lipinski definition) is 5. The minimum absolute atomic E-state index is 0.164. The van der Waals surface area contributed by atoms with E-state index >= 15 is 0 Å². The Balaban J connectivity index is 2.57. The van der Waals surface area contributed by atoms with Gasteiger partial charge in [0, 0.05) is 25.7 Å². The van der Waals surface area contributed by atoms with Gasteiger partial charge < -0.3 is 14.8 Å². The van der Waals surface area contributed by atoms with Crippen molar-refractivity contribution in [1.82, 2.24) is 10.2 Å². The second kappa shape index (κ2) is 7.82. The lowest BCUT2D eigenvalue weighted by Crippen LogP contribution is -2.54. The van der Waals surface area contributed by atoms with E-state index in [9.17, 15) is 4.79 Å². The zero-order valence-corrected chi connectivity index (χ0v) is 12.8. The molecule has 1 fully saturated rings. The Bertz CT molecular complexity index is 274. The molecule has 0 aromatic rings. The molecule has 0 spiro atoms. The van der Waals surface area contributed by atoms with Gasteiger partial charge in [0.05, 0.1) is 18.8 Å². The number of morpholine rings is 1. The number of carbonyl (C=O) groups excluding carboxylic acids is 1. The van der Waals surface area contributed by atoms with Gasteiger partial charge in [-0.15, -0.1) is 0 Å². The van der Waals surface area contributed by atoms with E-state index in [-0.39, 0.29) is 30.3 Å². The molecule has 0 amide bonds. The van der Waals surface area contributed by atoms with Gasteiger partial charge in [-0.3, -0.25) is 9.69 Å². The highest BCUT2D eigenvalue weighted by molar-refractivity contribution is 5.76. The maximum Gasteiger partial charge on any atom is 0.324 e. The van der Waals surface area contributed by atoms with Crippen LogP contribution in [0.2, 0.25) is 0 Å². The summed E-state index contributed by atoms with van der Waals surface area (Å²) in [4.78, 5) is 14.2. The molecule has 0 aliphatic carbocycles. The summed E-state index contributed by atoms with van der Waals surface area (Å²) in [6.45, 7) is 12.9. The fourth-order valence-corrected chi connectivity index (χ4v) is 2.53. The molecule has 0 bridgehead atoms. The van der Waals surface area contributed by atoms with Crippen molar-refractivity contribution in [3.05, 3.63) is 0 Å². The van der Waals surface area contributed by atoms with Crippen molar-refractivity contribution >= 4 is 5.97 Å². The summed E-state index contributed by atoms with van der Waals surface area (Å²) in [5.41, 5.74) is 0. The van der Waals surface area contributed by atoms with Gasteiger partial charge in [0.2, 0.25) is 0 Å². The molecular weight excluding hydrogens is 244 g/mol. The van der Waals surface area contributed by atoms with Crippen LogP contribution >= 0.6 is 0 Å². The Morgan fingerprint density at radius 3 is 2.42 bits per heavy atom. The highest BCUT2D eigenvalue weighted by atomic mass is 16.5. The minimum atomic E-state index is -0.266. The Kier molecular flexibility index (Phi) is 6.75. The summed E-state index contributed by atoms with van der Waals surface area (Å²) in [5.74, 6) is -0.164. The van der Waals surface area contributed by atoms with E-state index in [0.29, 0.717) is 13.2 Å². The lowest BCUT2D eigenvalue weighted by Gasteiger charge is -2.37. The molecule has 1 saturated heterocycles. The van der Waals surface area contributed by atoms with E-state index in [1.54, 1.807) is 0 Å². The zero-order chi connectivity index (χ0) is 14.4. The van der Waals surface area contributed by atoms with E-state index in [1.807, 2.05) is 20.8 Å². The van der Waals surface area contributed by atoms with E-state index < -0.39 is 0 Å². The molecule has 1 rings (SSSR count). The van der Waals surface area contributed by atoms with Crippen molar-refractivity contribution in [3.8, 4) is 0 Å². The van der Waals surface area contributed by atoms with Crippen molar-refractivity contribution in [3.63, 3.8) is 0 Å². The number of carbonyl (C=O) groups is 1. The highest BCUT2D eigenvalue weighted by Gasteiger charge is 2.28. The number of hydrogen-bond donors (Lipinski definition) is 1. The first kappa shape index (κ1) is 16.4. The number of esters is 1. The molecule has 3 unspecified atom stereocenters. The van der Waals surface area contributed by atoms with E-state index in [0.717, 1.165) is 13.1 Å². The molecule has 112 valence electrons. The SMILES string of the molecule is CCOC(=O)C(CN1CC(C)OC(C)C1)NC(C)C. The van der Waals surface area contributed by atoms with Crippen LogP contribution in [-0.4, -0.2) is 61.4 Å². The summed E-state index contributed by atoms with van der Waals surface area (Å²) in [7, 11) is 0. The molecule has 19 heavy (non-hydrogen) atoms. The van der Waals surface area contributed by atoms with E-state index in [2.05, 4.69) is 24.1 Å². The lowest BCUT2D eigenvalue weighted by atomic mass is 10.2. The number of nitrogens with one attached hydrogen (secondary N) is 1. The Morgan fingerprint density at radius 1 is 1.37 bits per heavy atom. The van der Waals surface area contributed by atoms with Gasteiger partial charge in [-0.25, -0.2) is 0 Å². The molecule has 3 atom stereocenters. The summed E-state index contributed by atoms with van der Waals surface area (Å²) < 4.78 is 10.8. The molecule has 0 aromatic heterocycles. The summed E-state index contributed by atoms with van der Waals surface area (Å²) >= 11 is 0. The van der Waals surface area contributed by atoms with Crippen LogP contribution in [0, 0.1) is 0 Å². The molecule has 5 nitrogen and oxygen atoms in total. The zero-order valence-electron chi connectivity index (χ0n) is 12.8. The first-order valence-corrected chi connectivity index (χ1v) is 7.22. The Morgan fingerprint density at radius 2 is 1.95 bits per heavy atom. The average molecular weight is 272 g/mol. The number of ether oxygens (including phenoxy) is 2. The van der Waals surface area contributed by atoms with Crippen LogP contribution in [0.4, 0.5) is 0 Å². The quantitative estimate of drug-likeness (QED) is 0.732. The van der Waals surface area contributed by atoms with Crippen LogP contribution in [-0.2, 0) is 14.3 Å². The summed E-state index contributed by atoms with van der Waals surface area (Å²) in [6.07, 6.45) is 0.427. The van der Waals surface area contributed by atoms with Gasteiger partial charge in [0.1, 0.15) is 6.04 Å². The van der Waals surface area contributed by atoms with Gasteiger partial charge >= 0.3 is 5.97 Å². The van der Waals surface area contributed by atoms with Gasteiger partial charge in [-0.05, 0) is 20.8 Å². The largest absolute Gasteiger partial charge is 0.465 e. The van der Waals surface area contributed by atoms with Crippen molar-refractivity contribution in [2.45, 2.75) is 58.9 Å². The first-order valence-electron chi connectivity index (χ1n) is 7.22. The lowest BCUT2D eigenvalue weighted by molar-refractivity contribution is -0.147. The molecule has 1 heterocycles. The van der Waals surface area contributed by atoms with Gasteiger partial charge in [-0.1, -0.05) is 13.8 Å². The van der Waals surface area contributed by atoms with Crippen LogP contribution in [0.5, 0.6) is 0 Å². The predicted molar refractivity (Wildman–Crippen MR) is 75.1 cm³/mol. The van der Waals surface area contributed by atoms with Crippen molar-refractivity contribution in [2.24, 2.45) is 0 Å².